The summed E-state index contributed by atoms with van der Waals surface area (Å²) in [6.45, 7) is 4.26. The molecule has 2 atom stereocenters. The molecule has 3 aromatic heterocycles. The molecule has 334 valence electrons. The molecule has 2 unspecified atom stereocenters. The van der Waals surface area contributed by atoms with Gasteiger partial charge in [-0.1, -0.05) is 59.1 Å². The average molecular weight is 985 g/mol. The Morgan fingerprint density at radius 1 is 0.641 bits per heavy atom. The Hall–Kier alpha value is -6.71. The second-order valence-corrected chi connectivity index (χ2v) is 17.8. The molecule has 1 fully saturated rings. The SMILES string of the molecule is Cc1nc(Cl)c([N+](=O)[O-])c(C(C#N)S(=O)(=O)c2ccccc2F)n1.Cc1nc(Cl)c([N+](=O)[O-])c(Cl)n1.Cc1nc(OC2CCC2)c([N+](=O)[O-])c(C(C#N)S(=O)(=O)c2ccccc2F)n1. The first kappa shape index (κ1) is 49.9. The van der Waals surface area contributed by atoms with Crippen LogP contribution in [0.5, 0.6) is 5.88 Å². The van der Waals surface area contributed by atoms with Gasteiger partial charge in [0.05, 0.1) is 26.9 Å². The number of ether oxygens (including phenoxy) is 1. The molecule has 0 aliphatic heterocycles. The van der Waals surface area contributed by atoms with Gasteiger partial charge in [0.1, 0.15) is 45.0 Å². The largest absolute Gasteiger partial charge is 0.469 e. The smallest absolute Gasteiger partial charge is 0.354 e. The summed E-state index contributed by atoms with van der Waals surface area (Å²) in [5.41, 5.74) is -3.51. The van der Waals surface area contributed by atoms with E-state index >= 15 is 0 Å². The van der Waals surface area contributed by atoms with E-state index in [1.54, 1.807) is 6.92 Å². The van der Waals surface area contributed by atoms with E-state index in [0.29, 0.717) is 18.7 Å². The second kappa shape index (κ2) is 20.6. The summed E-state index contributed by atoms with van der Waals surface area (Å²) < 4.78 is 84.4. The molecule has 64 heavy (non-hydrogen) atoms. The first-order valence-corrected chi connectivity index (χ1v) is 21.7. The molecule has 1 aliphatic rings. The highest BCUT2D eigenvalue weighted by Gasteiger charge is 2.42. The molecule has 0 spiro atoms. The molecule has 0 N–H and O–H groups in total. The second-order valence-electron chi connectivity index (χ2n) is 12.7. The van der Waals surface area contributed by atoms with Crippen LogP contribution in [0.15, 0.2) is 58.3 Å². The van der Waals surface area contributed by atoms with Gasteiger partial charge in [0, 0.05) is 0 Å². The maximum absolute atomic E-state index is 14.1. The minimum atomic E-state index is -4.63. The maximum Gasteiger partial charge on any atom is 0.354 e. The lowest BCUT2D eigenvalue weighted by Crippen LogP contribution is -2.26. The van der Waals surface area contributed by atoms with Crippen molar-refractivity contribution in [1.82, 2.24) is 29.9 Å². The molecule has 5 aromatic rings. The normalized spacial score (nSPS) is 13.2. The van der Waals surface area contributed by atoms with E-state index in [0.717, 1.165) is 30.7 Å². The van der Waals surface area contributed by atoms with Gasteiger partial charge in [0.15, 0.2) is 11.4 Å². The van der Waals surface area contributed by atoms with E-state index in [9.17, 15) is 66.5 Å². The van der Waals surface area contributed by atoms with E-state index in [1.807, 2.05) is 0 Å². The molecular weight excluding hydrogens is 959 g/mol. The number of aryl methyl sites for hydroxylation is 3. The van der Waals surface area contributed by atoms with Crippen LogP contribution in [0.3, 0.4) is 0 Å². The van der Waals surface area contributed by atoms with Crippen molar-refractivity contribution in [3.8, 4) is 18.0 Å². The molecule has 22 nitrogen and oxygen atoms in total. The summed E-state index contributed by atoms with van der Waals surface area (Å²) in [5.74, 6) is -2.31. The van der Waals surface area contributed by atoms with Gasteiger partial charge >= 0.3 is 17.1 Å². The van der Waals surface area contributed by atoms with E-state index in [2.05, 4.69) is 29.9 Å². The fraction of sp³-hybridized carbons (Fsp3) is 0.257. The van der Waals surface area contributed by atoms with Crippen molar-refractivity contribution < 1.29 is 45.1 Å². The highest BCUT2D eigenvalue weighted by atomic mass is 35.5. The topological polar surface area (TPSA) is 332 Å². The number of halogens is 5. The Balaban J connectivity index is 0.000000226. The monoisotopic (exact) mass is 983 g/mol. The van der Waals surface area contributed by atoms with Gasteiger partial charge in [-0.2, -0.15) is 15.5 Å². The van der Waals surface area contributed by atoms with Crippen LogP contribution >= 0.6 is 34.8 Å². The summed E-state index contributed by atoms with van der Waals surface area (Å²) in [7, 11) is -9.24. The van der Waals surface area contributed by atoms with E-state index in [4.69, 9.17) is 39.5 Å². The van der Waals surface area contributed by atoms with Crippen molar-refractivity contribution in [2.24, 2.45) is 0 Å². The fourth-order valence-corrected chi connectivity index (χ4v) is 9.18. The molecule has 3 heterocycles. The van der Waals surface area contributed by atoms with Crippen LogP contribution in [0.2, 0.25) is 15.5 Å². The lowest BCUT2D eigenvalue weighted by Gasteiger charge is -2.25. The third-order valence-corrected chi connectivity index (χ3v) is 13.0. The number of hydrogen-bond donors (Lipinski definition) is 0. The standard InChI is InChI=1S/C17H15FN4O5S.C13H8ClFN4O4S.C5H3Cl2N3O2/c1-10-20-15(16(22(23)24)17(21-10)27-11-5-4-6-11)14(9-19)28(25,26)13-8-3-2-7-12(13)18;1-7-17-11(12(19(20)21)13(14)18-7)10(6-16)24(22,23)9-5-3-2-4-8(9)15;1-2-8-4(6)3(10(11)12)5(7)9-2/h2-3,7-8,11,14H,4-6H2,1H3;2-5,10H,1H3;1H3. The summed E-state index contributed by atoms with van der Waals surface area (Å²) in [6, 6.07) is 11.8. The van der Waals surface area contributed by atoms with Crippen molar-refractivity contribution in [3.05, 3.63) is 135 Å². The summed E-state index contributed by atoms with van der Waals surface area (Å²) in [6.07, 6.45) is 2.00. The summed E-state index contributed by atoms with van der Waals surface area (Å²) in [5, 5.41) is 46.6. The molecule has 0 saturated heterocycles. The number of nitriles is 2. The van der Waals surface area contributed by atoms with Crippen molar-refractivity contribution >= 4 is 71.5 Å². The Kier molecular flexibility index (Phi) is 16.1. The molecular formula is C35H26Cl3F2N11O11S2. The zero-order chi connectivity index (χ0) is 47.8. The predicted molar refractivity (Wildman–Crippen MR) is 217 cm³/mol. The van der Waals surface area contributed by atoms with Crippen LogP contribution in [0.4, 0.5) is 25.8 Å². The van der Waals surface area contributed by atoms with Crippen LogP contribution in [-0.4, -0.2) is 67.6 Å². The van der Waals surface area contributed by atoms with Crippen molar-refractivity contribution in [1.29, 1.82) is 10.5 Å². The number of benzene rings is 2. The first-order valence-electron chi connectivity index (χ1n) is 17.5. The van der Waals surface area contributed by atoms with Gasteiger partial charge in [0.25, 0.3) is 5.88 Å². The zero-order valence-electron chi connectivity index (χ0n) is 32.6. The summed E-state index contributed by atoms with van der Waals surface area (Å²) in [4.78, 5) is 51.2. The third kappa shape index (κ3) is 11.1. The van der Waals surface area contributed by atoms with Crippen molar-refractivity contribution in [2.45, 2.75) is 66.4 Å². The number of sulfone groups is 2. The highest BCUT2D eigenvalue weighted by molar-refractivity contribution is 7.92. The maximum atomic E-state index is 14.1. The average Bonchev–Trinajstić information content (AvgIpc) is 3.16. The van der Waals surface area contributed by atoms with Crippen molar-refractivity contribution in [2.75, 3.05) is 0 Å². The summed E-state index contributed by atoms with van der Waals surface area (Å²) >= 11 is 16.6. The molecule has 0 radical (unpaired) electrons. The van der Waals surface area contributed by atoms with Crippen LogP contribution < -0.4 is 4.74 Å². The molecule has 29 heteroatoms. The lowest BCUT2D eigenvalue weighted by molar-refractivity contribution is -0.387. The molecule has 0 amide bonds. The van der Waals surface area contributed by atoms with Gasteiger partial charge in [-0.05, 0) is 64.3 Å². The van der Waals surface area contributed by atoms with Crippen LogP contribution in [-0.2, 0) is 19.7 Å². The Morgan fingerprint density at radius 2 is 1.00 bits per heavy atom. The molecule has 6 rings (SSSR count). The number of rotatable bonds is 11. The van der Waals surface area contributed by atoms with Gasteiger partial charge in [0.2, 0.25) is 45.6 Å². The first-order chi connectivity index (χ1) is 30.0. The third-order valence-electron chi connectivity index (χ3n) is 8.40. The van der Waals surface area contributed by atoms with Crippen LogP contribution in [0, 0.1) is 85.4 Å². The molecule has 0 bridgehead atoms. The van der Waals surface area contributed by atoms with E-state index < -0.39 is 100.0 Å². The minimum absolute atomic E-state index is 0.00101. The van der Waals surface area contributed by atoms with Crippen LogP contribution in [0.1, 0.15) is 58.6 Å². The predicted octanol–water partition coefficient (Wildman–Crippen LogP) is 7.33. The lowest BCUT2D eigenvalue weighted by atomic mass is 9.96. The molecule has 1 saturated carbocycles. The van der Waals surface area contributed by atoms with E-state index in [1.165, 1.54) is 50.3 Å². The fourth-order valence-electron chi connectivity index (χ4n) is 5.36. The van der Waals surface area contributed by atoms with Crippen molar-refractivity contribution in [3.63, 3.8) is 0 Å². The molecule has 2 aromatic carbocycles. The quantitative estimate of drug-likeness (QED) is 0.0710. The zero-order valence-corrected chi connectivity index (χ0v) is 36.5. The van der Waals surface area contributed by atoms with Gasteiger partial charge in [-0.15, -0.1) is 0 Å². The van der Waals surface area contributed by atoms with Crippen LogP contribution in [0.25, 0.3) is 0 Å². The Bertz CT molecular complexity index is 2970. The van der Waals surface area contributed by atoms with Gasteiger partial charge < -0.3 is 4.74 Å². The number of nitro groups is 3. The molecule has 1 aliphatic carbocycles. The number of aromatic nitrogens is 6. The van der Waals surface area contributed by atoms with Gasteiger partial charge in [-0.3, -0.25) is 30.3 Å². The number of hydrogen-bond acceptors (Lipinski definition) is 19. The Morgan fingerprint density at radius 3 is 1.36 bits per heavy atom. The Labute approximate surface area is 374 Å². The highest BCUT2D eigenvalue weighted by Crippen LogP contribution is 2.40. The van der Waals surface area contributed by atoms with E-state index in [-0.39, 0.29) is 33.9 Å². The minimum Gasteiger partial charge on any atom is -0.469 e. The van der Waals surface area contributed by atoms with Gasteiger partial charge in [-0.25, -0.2) is 50.5 Å². The number of nitrogens with zero attached hydrogens (tertiary/aromatic N) is 11.